The highest BCUT2D eigenvalue weighted by molar-refractivity contribution is 6.32. The number of carbonyl (C=O) groups is 2. The van der Waals surface area contributed by atoms with E-state index in [0.29, 0.717) is 16.3 Å². The lowest BCUT2D eigenvalue weighted by Crippen LogP contribution is -2.23. The van der Waals surface area contributed by atoms with Crippen molar-refractivity contribution in [3.8, 4) is 0 Å². The fraction of sp³-hybridized carbons (Fsp3) is 0.0588. The van der Waals surface area contributed by atoms with Crippen molar-refractivity contribution in [2.24, 2.45) is 0 Å². The predicted octanol–water partition coefficient (Wildman–Crippen LogP) is 3.92. The van der Waals surface area contributed by atoms with Gasteiger partial charge >= 0.3 is 12.0 Å². The molecule has 2 amide bonds. The van der Waals surface area contributed by atoms with Crippen LogP contribution in [-0.2, 0) is 4.74 Å². The number of amides is 2. The molecule has 6 heteroatoms. The maximum Gasteiger partial charge on any atom is 0.337 e. The molecular formula is C17H15ClN2O3. The lowest BCUT2D eigenvalue weighted by molar-refractivity contribution is 0.0600. The van der Waals surface area contributed by atoms with Gasteiger partial charge in [0.05, 0.1) is 12.7 Å². The molecule has 2 aromatic carbocycles. The first-order valence-electron chi connectivity index (χ1n) is 6.77. The maximum absolute atomic E-state index is 11.8. The molecule has 0 saturated heterocycles. The number of hydrogen-bond acceptors (Lipinski definition) is 3. The van der Waals surface area contributed by atoms with E-state index in [1.54, 1.807) is 30.3 Å². The largest absolute Gasteiger partial charge is 0.465 e. The lowest BCUT2D eigenvalue weighted by Gasteiger charge is -2.06. The van der Waals surface area contributed by atoms with Crippen molar-refractivity contribution in [3.63, 3.8) is 0 Å². The summed E-state index contributed by atoms with van der Waals surface area (Å²) in [6, 6.07) is 13.3. The molecule has 0 aliphatic carbocycles. The molecule has 0 bridgehead atoms. The van der Waals surface area contributed by atoms with E-state index in [2.05, 4.69) is 15.4 Å². The summed E-state index contributed by atoms with van der Waals surface area (Å²) < 4.78 is 4.63. The summed E-state index contributed by atoms with van der Waals surface area (Å²) in [6.07, 6.45) is 3.17. The Kier molecular flexibility index (Phi) is 5.77. The number of halogens is 1. The monoisotopic (exact) mass is 330 g/mol. The lowest BCUT2D eigenvalue weighted by atomic mass is 10.2. The van der Waals surface area contributed by atoms with Gasteiger partial charge in [0, 0.05) is 16.9 Å². The summed E-state index contributed by atoms with van der Waals surface area (Å²) >= 11 is 6.01. The van der Waals surface area contributed by atoms with Gasteiger partial charge in [0.15, 0.2) is 0 Å². The van der Waals surface area contributed by atoms with E-state index in [9.17, 15) is 9.59 Å². The molecule has 118 valence electrons. The van der Waals surface area contributed by atoms with Crippen LogP contribution in [0.25, 0.3) is 6.08 Å². The molecule has 23 heavy (non-hydrogen) atoms. The SMILES string of the molecule is COC(=O)c1cccc(NC(=O)N/C=C/c2ccccc2Cl)c1. The Balaban J connectivity index is 1.95. The number of rotatable bonds is 4. The van der Waals surface area contributed by atoms with E-state index in [1.165, 1.54) is 19.4 Å². The molecule has 5 nitrogen and oxygen atoms in total. The molecule has 2 rings (SSSR count). The Hall–Kier alpha value is -2.79. The quantitative estimate of drug-likeness (QED) is 0.835. The van der Waals surface area contributed by atoms with Gasteiger partial charge in [0.25, 0.3) is 0 Å². The van der Waals surface area contributed by atoms with Crippen molar-refractivity contribution in [1.82, 2.24) is 5.32 Å². The summed E-state index contributed by atoms with van der Waals surface area (Å²) in [5.41, 5.74) is 1.63. The highest BCUT2D eigenvalue weighted by atomic mass is 35.5. The van der Waals surface area contributed by atoms with Crippen LogP contribution >= 0.6 is 11.6 Å². The number of esters is 1. The van der Waals surface area contributed by atoms with Crippen LogP contribution < -0.4 is 10.6 Å². The van der Waals surface area contributed by atoms with Crippen molar-refractivity contribution in [1.29, 1.82) is 0 Å². The van der Waals surface area contributed by atoms with Crippen LogP contribution in [0.15, 0.2) is 54.7 Å². The second-order valence-electron chi connectivity index (χ2n) is 4.53. The molecule has 0 aliphatic heterocycles. The molecule has 0 atom stereocenters. The third-order valence-electron chi connectivity index (χ3n) is 2.92. The number of benzene rings is 2. The van der Waals surface area contributed by atoms with Gasteiger partial charge < -0.3 is 15.4 Å². The van der Waals surface area contributed by atoms with Crippen molar-refractivity contribution in [2.75, 3.05) is 12.4 Å². The molecule has 0 heterocycles. The minimum atomic E-state index is -0.465. The van der Waals surface area contributed by atoms with Crippen LogP contribution in [0.4, 0.5) is 10.5 Å². The van der Waals surface area contributed by atoms with Gasteiger partial charge in [-0.15, -0.1) is 0 Å². The van der Waals surface area contributed by atoms with E-state index in [4.69, 9.17) is 11.6 Å². The van der Waals surface area contributed by atoms with Crippen LogP contribution in [-0.4, -0.2) is 19.1 Å². The molecule has 0 spiro atoms. The van der Waals surface area contributed by atoms with Gasteiger partial charge in [-0.05, 0) is 35.9 Å². The highest BCUT2D eigenvalue weighted by Gasteiger charge is 2.06. The summed E-state index contributed by atoms with van der Waals surface area (Å²) in [7, 11) is 1.30. The number of anilines is 1. The third kappa shape index (κ3) is 4.86. The van der Waals surface area contributed by atoms with Gasteiger partial charge in [0.1, 0.15) is 0 Å². The van der Waals surface area contributed by atoms with Crippen LogP contribution in [0.1, 0.15) is 15.9 Å². The summed E-state index contributed by atoms with van der Waals surface area (Å²) in [6.45, 7) is 0. The number of ether oxygens (including phenoxy) is 1. The molecule has 0 fully saturated rings. The predicted molar refractivity (Wildman–Crippen MR) is 90.4 cm³/mol. The first kappa shape index (κ1) is 16.6. The summed E-state index contributed by atoms with van der Waals surface area (Å²) in [4.78, 5) is 23.3. The number of urea groups is 1. The zero-order chi connectivity index (χ0) is 16.7. The third-order valence-corrected chi connectivity index (χ3v) is 3.27. The zero-order valence-electron chi connectivity index (χ0n) is 12.4. The second kappa shape index (κ2) is 8.00. The van der Waals surface area contributed by atoms with Gasteiger partial charge in [0.2, 0.25) is 0 Å². The summed E-state index contributed by atoms with van der Waals surface area (Å²) in [5.74, 6) is -0.465. The zero-order valence-corrected chi connectivity index (χ0v) is 13.1. The van der Waals surface area contributed by atoms with Gasteiger partial charge in [-0.1, -0.05) is 35.9 Å². The number of hydrogen-bond donors (Lipinski definition) is 2. The van der Waals surface area contributed by atoms with E-state index in [0.717, 1.165) is 5.56 Å². The fourth-order valence-corrected chi connectivity index (χ4v) is 2.03. The molecule has 0 aromatic heterocycles. The minimum Gasteiger partial charge on any atom is -0.465 e. The normalized spacial score (nSPS) is 10.3. The topological polar surface area (TPSA) is 67.4 Å². The first-order valence-corrected chi connectivity index (χ1v) is 7.15. The van der Waals surface area contributed by atoms with Crippen LogP contribution in [0, 0.1) is 0 Å². The summed E-state index contributed by atoms with van der Waals surface area (Å²) in [5, 5.41) is 5.78. The fourth-order valence-electron chi connectivity index (χ4n) is 1.83. The van der Waals surface area contributed by atoms with Crippen LogP contribution in [0.5, 0.6) is 0 Å². The van der Waals surface area contributed by atoms with E-state index in [-0.39, 0.29) is 0 Å². The molecule has 0 unspecified atom stereocenters. The van der Waals surface area contributed by atoms with Gasteiger partial charge in [-0.25, -0.2) is 9.59 Å². The van der Waals surface area contributed by atoms with E-state index in [1.807, 2.05) is 18.2 Å². The number of methoxy groups -OCH3 is 1. The van der Waals surface area contributed by atoms with Crippen molar-refractivity contribution in [2.45, 2.75) is 0 Å². The van der Waals surface area contributed by atoms with Crippen molar-refractivity contribution < 1.29 is 14.3 Å². The van der Waals surface area contributed by atoms with Crippen molar-refractivity contribution >= 4 is 35.4 Å². The number of carbonyl (C=O) groups excluding carboxylic acids is 2. The Labute approximate surface area is 138 Å². The minimum absolute atomic E-state index is 0.358. The van der Waals surface area contributed by atoms with Gasteiger partial charge in [-0.3, -0.25) is 0 Å². The standard InChI is InChI=1S/C17H15ClN2O3/c1-23-16(21)13-6-4-7-14(11-13)20-17(22)19-10-9-12-5-2-3-8-15(12)18/h2-11H,1H3,(H2,19,20,22)/b10-9+. The van der Waals surface area contributed by atoms with E-state index >= 15 is 0 Å². The Morgan fingerprint density at radius 1 is 1.13 bits per heavy atom. The van der Waals surface area contributed by atoms with Crippen LogP contribution in [0.2, 0.25) is 5.02 Å². The average Bonchev–Trinajstić information content (AvgIpc) is 2.56. The maximum atomic E-state index is 11.8. The smallest absolute Gasteiger partial charge is 0.337 e. The second-order valence-corrected chi connectivity index (χ2v) is 4.93. The molecule has 0 aliphatic rings. The molecular weight excluding hydrogens is 316 g/mol. The van der Waals surface area contributed by atoms with E-state index < -0.39 is 12.0 Å². The average molecular weight is 331 g/mol. The van der Waals surface area contributed by atoms with Crippen LogP contribution in [0.3, 0.4) is 0 Å². The molecule has 0 radical (unpaired) electrons. The molecule has 2 N–H and O–H groups in total. The highest BCUT2D eigenvalue weighted by Crippen LogP contribution is 2.16. The number of nitrogens with one attached hydrogen (secondary N) is 2. The van der Waals surface area contributed by atoms with Crippen molar-refractivity contribution in [3.05, 3.63) is 70.9 Å². The first-order chi connectivity index (χ1) is 11.1. The van der Waals surface area contributed by atoms with Gasteiger partial charge in [-0.2, -0.15) is 0 Å². The Morgan fingerprint density at radius 3 is 2.65 bits per heavy atom. The Bertz CT molecular complexity index is 744. The molecule has 2 aromatic rings. The molecule has 0 saturated carbocycles. The Morgan fingerprint density at radius 2 is 1.91 bits per heavy atom.